The molecule has 1 saturated carbocycles. The summed E-state index contributed by atoms with van der Waals surface area (Å²) in [4.78, 5) is 36.2. The van der Waals surface area contributed by atoms with Crippen LogP contribution in [0.1, 0.15) is 62.5 Å². The molecule has 2 aromatic carbocycles. The van der Waals surface area contributed by atoms with Crippen molar-refractivity contribution in [3.8, 4) is 11.1 Å². The minimum Gasteiger partial charge on any atom is -0.481 e. The molecule has 0 heterocycles. The molecule has 2 aliphatic carbocycles. The highest BCUT2D eigenvalue weighted by molar-refractivity contribution is 5.80. The second-order valence-corrected chi connectivity index (χ2v) is 9.65. The number of ether oxygens (including phenoxy) is 1. The summed E-state index contributed by atoms with van der Waals surface area (Å²) < 4.78 is 5.62. The predicted octanol–water partition coefficient (Wildman–Crippen LogP) is 4.70. The minimum absolute atomic E-state index is 0.0215. The molecule has 35 heavy (non-hydrogen) atoms. The van der Waals surface area contributed by atoms with Gasteiger partial charge >= 0.3 is 12.1 Å². The fourth-order valence-electron chi connectivity index (χ4n) is 5.42. The Morgan fingerprint density at radius 3 is 2.31 bits per heavy atom. The van der Waals surface area contributed by atoms with E-state index in [0.29, 0.717) is 19.4 Å². The topological polar surface area (TPSA) is 105 Å². The average Bonchev–Trinajstić information content (AvgIpc) is 3.19. The molecular weight excluding hydrogens is 444 g/mol. The van der Waals surface area contributed by atoms with Crippen molar-refractivity contribution >= 4 is 18.0 Å². The molecule has 3 atom stereocenters. The number of hydrogen-bond donors (Lipinski definition) is 3. The number of hydrogen-bond acceptors (Lipinski definition) is 4. The van der Waals surface area contributed by atoms with Gasteiger partial charge in [-0.25, -0.2) is 4.79 Å². The Morgan fingerprint density at radius 2 is 1.69 bits per heavy atom. The van der Waals surface area contributed by atoms with Crippen LogP contribution in [0.3, 0.4) is 0 Å². The van der Waals surface area contributed by atoms with Crippen LogP contribution in [0.2, 0.25) is 0 Å². The lowest BCUT2D eigenvalue weighted by Gasteiger charge is -2.29. The fraction of sp³-hybridized carbons (Fsp3) is 0.464. The van der Waals surface area contributed by atoms with E-state index in [1.165, 1.54) is 22.3 Å². The number of benzene rings is 2. The predicted molar refractivity (Wildman–Crippen MR) is 133 cm³/mol. The smallest absolute Gasteiger partial charge is 0.407 e. The number of carbonyl (C=O) groups excluding carboxylic acids is 2. The van der Waals surface area contributed by atoms with E-state index < -0.39 is 12.1 Å². The van der Waals surface area contributed by atoms with Crippen LogP contribution < -0.4 is 10.6 Å². The molecule has 1 fully saturated rings. The van der Waals surface area contributed by atoms with Crippen LogP contribution in [0.5, 0.6) is 0 Å². The fourth-order valence-corrected chi connectivity index (χ4v) is 5.42. The number of carboxylic acids is 1. The molecule has 2 amide bonds. The summed E-state index contributed by atoms with van der Waals surface area (Å²) in [6.45, 7) is 2.61. The van der Waals surface area contributed by atoms with Gasteiger partial charge in [0.25, 0.3) is 0 Å². The van der Waals surface area contributed by atoms with Gasteiger partial charge in [-0.3, -0.25) is 9.59 Å². The van der Waals surface area contributed by atoms with Crippen molar-refractivity contribution < 1.29 is 24.2 Å². The van der Waals surface area contributed by atoms with Crippen LogP contribution in [0.4, 0.5) is 4.79 Å². The van der Waals surface area contributed by atoms with Crippen molar-refractivity contribution in [2.24, 2.45) is 11.8 Å². The van der Waals surface area contributed by atoms with Crippen molar-refractivity contribution in [3.63, 3.8) is 0 Å². The van der Waals surface area contributed by atoms with Gasteiger partial charge < -0.3 is 20.5 Å². The van der Waals surface area contributed by atoms with Crippen LogP contribution in [-0.2, 0) is 14.3 Å². The second-order valence-electron chi connectivity index (χ2n) is 9.65. The minimum atomic E-state index is -0.911. The molecule has 0 bridgehead atoms. The van der Waals surface area contributed by atoms with Crippen molar-refractivity contribution in [1.82, 2.24) is 10.6 Å². The molecule has 4 rings (SSSR count). The van der Waals surface area contributed by atoms with Crippen molar-refractivity contribution in [2.75, 3.05) is 13.2 Å². The molecule has 186 valence electrons. The summed E-state index contributed by atoms with van der Waals surface area (Å²) in [5, 5.41) is 14.8. The third-order valence-electron chi connectivity index (χ3n) is 7.29. The first-order chi connectivity index (χ1) is 17.0. The van der Waals surface area contributed by atoms with Gasteiger partial charge in [-0.2, -0.15) is 0 Å². The Labute approximate surface area is 206 Å². The number of amides is 2. The maximum atomic E-state index is 12.7. The zero-order chi connectivity index (χ0) is 24.8. The van der Waals surface area contributed by atoms with E-state index in [4.69, 9.17) is 9.84 Å². The number of aliphatic carboxylic acids is 1. The number of carbonyl (C=O) groups is 3. The number of carboxylic acid groups (broad SMARTS) is 1. The van der Waals surface area contributed by atoms with Crippen LogP contribution >= 0.6 is 0 Å². The SMILES string of the molecule is CC[C@H](CC(=O)O)NC(=O)C1CCCC(CNC(=O)OCC2c3ccccc3-c3ccccc32)C1. The van der Waals surface area contributed by atoms with E-state index in [1.807, 2.05) is 31.2 Å². The maximum Gasteiger partial charge on any atom is 0.407 e. The van der Waals surface area contributed by atoms with Gasteiger partial charge in [0.2, 0.25) is 5.91 Å². The average molecular weight is 479 g/mol. The zero-order valence-corrected chi connectivity index (χ0v) is 20.2. The van der Waals surface area contributed by atoms with Crippen LogP contribution in [0.25, 0.3) is 11.1 Å². The Kier molecular flexibility index (Phi) is 8.06. The highest BCUT2D eigenvalue weighted by Gasteiger charge is 2.30. The van der Waals surface area contributed by atoms with Crippen molar-refractivity contribution in [2.45, 2.75) is 57.4 Å². The first-order valence-corrected chi connectivity index (χ1v) is 12.6. The first-order valence-electron chi connectivity index (χ1n) is 12.6. The lowest BCUT2D eigenvalue weighted by molar-refractivity contribution is -0.138. The summed E-state index contributed by atoms with van der Waals surface area (Å²) in [5.41, 5.74) is 4.74. The molecule has 7 nitrogen and oxygen atoms in total. The summed E-state index contributed by atoms with van der Waals surface area (Å²) >= 11 is 0. The quantitative estimate of drug-likeness (QED) is 0.485. The van der Waals surface area contributed by atoms with Crippen molar-refractivity contribution in [3.05, 3.63) is 59.7 Å². The van der Waals surface area contributed by atoms with E-state index in [2.05, 4.69) is 34.9 Å². The monoisotopic (exact) mass is 478 g/mol. The Morgan fingerprint density at radius 1 is 1.03 bits per heavy atom. The molecule has 2 aliphatic rings. The highest BCUT2D eigenvalue weighted by Crippen LogP contribution is 2.44. The van der Waals surface area contributed by atoms with Gasteiger partial charge in [0.15, 0.2) is 0 Å². The maximum absolute atomic E-state index is 12.7. The lowest BCUT2D eigenvalue weighted by atomic mass is 9.80. The second kappa shape index (κ2) is 11.4. The van der Waals surface area contributed by atoms with E-state index in [9.17, 15) is 14.4 Å². The molecule has 3 N–H and O–H groups in total. The van der Waals surface area contributed by atoms with Crippen LogP contribution in [-0.4, -0.2) is 42.3 Å². The van der Waals surface area contributed by atoms with Gasteiger partial charge in [0, 0.05) is 24.4 Å². The number of fused-ring (bicyclic) bond motifs is 3. The van der Waals surface area contributed by atoms with E-state index >= 15 is 0 Å². The first kappa shape index (κ1) is 24.8. The molecule has 0 spiro atoms. The number of rotatable bonds is 9. The summed E-state index contributed by atoms with van der Waals surface area (Å²) in [6, 6.07) is 16.1. The summed E-state index contributed by atoms with van der Waals surface area (Å²) in [6.07, 6.45) is 3.39. The Bertz CT molecular complexity index is 1020. The molecule has 0 saturated heterocycles. The lowest BCUT2D eigenvalue weighted by Crippen LogP contribution is -2.42. The third-order valence-corrected chi connectivity index (χ3v) is 7.29. The molecule has 0 aromatic heterocycles. The number of alkyl carbamates (subject to hydrolysis) is 1. The standard InChI is InChI=1S/C28H34N2O5/c1-2-20(15-26(31)32)30-27(33)19-9-7-8-18(14-19)16-29-28(34)35-17-25-23-12-5-3-10-21(23)22-11-4-6-13-24(22)25/h3-6,10-13,18-20,25H,2,7-9,14-17H2,1H3,(H,29,34)(H,30,33)(H,31,32)/t18?,19?,20-/m1/s1. The van der Waals surface area contributed by atoms with Crippen LogP contribution in [0, 0.1) is 11.8 Å². The van der Waals surface area contributed by atoms with E-state index in [0.717, 1.165) is 19.3 Å². The summed E-state index contributed by atoms with van der Waals surface area (Å²) in [5.74, 6) is -0.927. The largest absolute Gasteiger partial charge is 0.481 e. The normalized spacial score (nSPS) is 19.8. The molecule has 0 aliphatic heterocycles. The zero-order valence-electron chi connectivity index (χ0n) is 20.2. The molecule has 2 aromatic rings. The van der Waals surface area contributed by atoms with Gasteiger partial charge in [-0.05, 0) is 53.9 Å². The van der Waals surface area contributed by atoms with Crippen LogP contribution in [0.15, 0.2) is 48.5 Å². The van der Waals surface area contributed by atoms with Gasteiger partial charge in [-0.1, -0.05) is 61.9 Å². The van der Waals surface area contributed by atoms with Gasteiger partial charge in [0.1, 0.15) is 6.61 Å². The van der Waals surface area contributed by atoms with E-state index in [1.54, 1.807) is 0 Å². The van der Waals surface area contributed by atoms with E-state index in [-0.39, 0.29) is 42.7 Å². The van der Waals surface area contributed by atoms with Gasteiger partial charge in [0.05, 0.1) is 6.42 Å². The number of nitrogens with one attached hydrogen (secondary N) is 2. The third kappa shape index (κ3) is 6.02. The molecule has 7 heteroatoms. The molecule has 2 unspecified atom stereocenters. The molecular formula is C28H34N2O5. The summed E-state index contributed by atoms with van der Waals surface area (Å²) in [7, 11) is 0. The van der Waals surface area contributed by atoms with Crippen molar-refractivity contribution in [1.29, 1.82) is 0 Å². The Hall–Kier alpha value is -3.35. The molecule has 0 radical (unpaired) electrons. The Balaban J connectivity index is 1.25. The highest BCUT2D eigenvalue weighted by atomic mass is 16.5. The van der Waals surface area contributed by atoms with Gasteiger partial charge in [-0.15, -0.1) is 0 Å².